The number of rotatable bonds is 4. The minimum atomic E-state index is 0.566. The molecule has 2 nitrogen and oxygen atoms in total. The van der Waals surface area contributed by atoms with Crippen LogP contribution in [0.3, 0.4) is 0 Å². The molecule has 0 atom stereocenters. The maximum Gasteiger partial charge on any atom is 0.134 e. The van der Waals surface area contributed by atoms with E-state index >= 15 is 0 Å². The molecule has 0 spiro atoms. The van der Waals surface area contributed by atoms with Crippen LogP contribution in [0.15, 0.2) is 60.7 Å². The van der Waals surface area contributed by atoms with E-state index in [1.165, 1.54) is 11.1 Å². The fraction of sp³-hybridized carbons (Fsp3) is 0.125. The third-order valence-electron chi connectivity index (χ3n) is 4.94. The number of aromatic nitrogens is 2. The lowest BCUT2D eigenvalue weighted by Gasteiger charge is -2.09. The predicted octanol–water partition coefficient (Wildman–Crippen LogP) is 7.18. The molecule has 0 radical (unpaired) electrons. The summed E-state index contributed by atoms with van der Waals surface area (Å²) < 4.78 is 2.22. The van der Waals surface area contributed by atoms with Crippen molar-refractivity contribution < 1.29 is 0 Å². The molecule has 4 heteroatoms. The van der Waals surface area contributed by atoms with Crippen molar-refractivity contribution in [3.05, 3.63) is 98.8 Å². The van der Waals surface area contributed by atoms with Crippen molar-refractivity contribution >= 4 is 46.4 Å². The van der Waals surface area contributed by atoms with Gasteiger partial charge in [-0.2, -0.15) is 0 Å². The Labute approximate surface area is 175 Å². The molecule has 4 rings (SSSR count). The highest BCUT2D eigenvalue weighted by Crippen LogP contribution is 2.26. The summed E-state index contributed by atoms with van der Waals surface area (Å²) in [5.41, 5.74) is 6.83. The number of hydrogen-bond donors (Lipinski definition) is 0. The highest BCUT2D eigenvalue weighted by Gasteiger charge is 2.12. The van der Waals surface area contributed by atoms with Crippen molar-refractivity contribution in [1.29, 1.82) is 0 Å². The standard InChI is InChI=1S/C24H20Cl2N2/c1-16-12-22-23(13-17(16)2)28(15-19-8-10-20(25)21(26)14-19)24(27-22)11-9-18-6-4-3-5-7-18/h3-14H,15H2,1-2H3. The summed E-state index contributed by atoms with van der Waals surface area (Å²) in [5, 5.41) is 1.13. The maximum atomic E-state index is 6.23. The molecule has 0 aliphatic carbocycles. The van der Waals surface area contributed by atoms with Gasteiger partial charge in [-0.15, -0.1) is 0 Å². The molecular formula is C24H20Cl2N2. The van der Waals surface area contributed by atoms with Gasteiger partial charge in [-0.05, 0) is 66.4 Å². The average Bonchev–Trinajstić information content (AvgIpc) is 3.01. The monoisotopic (exact) mass is 406 g/mol. The summed E-state index contributed by atoms with van der Waals surface area (Å²) in [6, 6.07) is 20.4. The van der Waals surface area contributed by atoms with Crippen LogP contribution in [0.4, 0.5) is 0 Å². The second kappa shape index (κ2) is 7.83. The van der Waals surface area contributed by atoms with Crippen molar-refractivity contribution in [3.63, 3.8) is 0 Å². The number of benzene rings is 3. The Morgan fingerprint density at radius 2 is 1.61 bits per heavy atom. The molecule has 0 unspecified atom stereocenters. The highest BCUT2D eigenvalue weighted by molar-refractivity contribution is 6.42. The lowest BCUT2D eigenvalue weighted by molar-refractivity contribution is 0.813. The summed E-state index contributed by atoms with van der Waals surface area (Å²) in [6.45, 7) is 4.92. The fourth-order valence-electron chi connectivity index (χ4n) is 3.25. The van der Waals surface area contributed by atoms with Crippen molar-refractivity contribution in [2.24, 2.45) is 0 Å². The molecule has 1 heterocycles. The molecule has 140 valence electrons. The molecule has 4 aromatic rings. The Morgan fingerprint density at radius 3 is 2.36 bits per heavy atom. The number of imidazole rings is 1. The third-order valence-corrected chi connectivity index (χ3v) is 5.68. The van der Waals surface area contributed by atoms with Gasteiger partial charge in [0.25, 0.3) is 0 Å². The van der Waals surface area contributed by atoms with Gasteiger partial charge in [0.05, 0.1) is 21.1 Å². The first kappa shape index (κ1) is 18.8. The van der Waals surface area contributed by atoms with E-state index in [1.54, 1.807) is 0 Å². The van der Waals surface area contributed by atoms with Crippen LogP contribution in [0.5, 0.6) is 0 Å². The molecular weight excluding hydrogens is 387 g/mol. The molecule has 28 heavy (non-hydrogen) atoms. The lowest BCUT2D eigenvalue weighted by Crippen LogP contribution is -2.02. The molecule has 0 bridgehead atoms. The minimum Gasteiger partial charge on any atom is -0.320 e. The molecule has 0 saturated carbocycles. The van der Waals surface area contributed by atoms with E-state index in [-0.39, 0.29) is 0 Å². The Hall–Kier alpha value is -2.55. The van der Waals surface area contributed by atoms with E-state index in [4.69, 9.17) is 28.2 Å². The smallest absolute Gasteiger partial charge is 0.134 e. The minimum absolute atomic E-state index is 0.566. The first-order valence-electron chi connectivity index (χ1n) is 9.16. The van der Waals surface area contributed by atoms with E-state index in [2.05, 4.69) is 54.8 Å². The van der Waals surface area contributed by atoms with Crippen LogP contribution in [-0.2, 0) is 6.54 Å². The Bertz CT molecular complexity index is 1170. The second-order valence-corrected chi connectivity index (χ2v) is 7.79. The van der Waals surface area contributed by atoms with Gasteiger partial charge in [-0.1, -0.05) is 65.7 Å². The molecule has 0 aliphatic rings. The number of aryl methyl sites for hydroxylation is 2. The molecule has 0 saturated heterocycles. The van der Waals surface area contributed by atoms with Crippen molar-refractivity contribution in [3.8, 4) is 0 Å². The zero-order valence-corrected chi connectivity index (χ0v) is 17.3. The molecule has 1 aromatic heterocycles. The summed E-state index contributed by atoms with van der Waals surface area (Å²) >= 11 is 12.3. The van der Waals surface area contributed by atoms with Gasteiger partial charge in [-0.3, -0.25) is 0 Å². The van der Waals surface area contributed by atoms with E-state index in [1.807, 2.05) is 36.4 Å². The van der Waals surface area contributed by atoms with Gasteiger partial charge < -0.3 is 4.57 Å². The first-order valence-corrected chi connectivity index (χ1v) is 9.91. The molecule has 3 aromatic carbocycles. The predicted molar refractivity (Wildman–Crippen MR) is 120 cm³/mol. The van der Waals surface area contributed by atoms with E-state index in [9.17, 15) is 0 Å². The average molecular weight is 407 g/mol. The Kier molecular flexibility index (Phi) is 5.25. The molecule has 0 N–H and O–H groups in total. The summed E-state index contributed by atoms with van der Waals surface area (Å²) in [7, 11) is 0. The van der Waals surface area contributed by atoms with Gasteiger partial charge in [-0.25, -0.2) is 4.98 Å². The van der Waals surface area contributed by atoms with Gasteiger partial charge >= 0.3 is 0 Å². The Balaban J connectivity index is 1.82. The zero-order valence-electron chi connectivity index (χ0n) is 15.8. The van der Waals surface area contributed by atoms with Gasteiger partial charge in [0.2, 0.25) is 0 Å². The van der Waals surface area contributed by atoms with E-state index < -0.39 is 0 Å². The van der Waals surface area contributed by atoms with Crippen LogP contribution < -0.4 is 0 Å². The lowest BCUT2D eigenvalue weighted by atomic mass is 10.1. The number of fused-ring (bicyclic) bond motifs is 1. The summed E-state index contributed by atoms with van der Waals surface area (Å²) in [6.07, 6.45) is 4.16. The summed E-state index contributed by atoms with van der Waals surface area (Å²) in [5.74, 6) is 0.912. The quantitative estimate of drug-likeness (QED) is 0.350. The normalized spacial score (nSPS) is 11.6. The van der Waals surface area contributed by atoms with Crippen LogP contribution in [0.2, 0.25) is 10.0 Å². The maximum absolute atomic E-state index is 6.23. The molecule has 0 aliphatic heterocycles. The first-order chi connectivity index (χ1) is 13.5. The van der Waals surface area contributed by atoms with Crippen molar-refractivity contribution in [2.75, 3.05) is 0 Å². The topological polar surface area (TPSA) is 17.8 Å². The number of halogens is 2. The third kappa shape index (κ3) is 3.84. The van der Waals surface area contributed by atoms with Crippen LogP contribution in [-0.4, -0.2) is 9.55 Å². The molecule has 0 amide bonds. The second-order valence-electron chi connectivity index (χ2n) is 6.97. The van der Waals surface area contributed by atoms with E-state index in [0.29, 0.717) is 16.6 Å². The van der Waals surface area contributed by atoms with Gasteiger partial charge in [0, 0.05) is 6.54 Å². The highest BCUT2D eigenvalue weighted by atomic mass is 35.5. The largest absolute Gasteiger partial charge is 0.320 e. The SMILES string of the molecule is Cc1cc2nc(C=Cc3ccccc3)n(Cc3ccc(Cl)c(Cl)c3)c2cc1C. The Morgan fingerprint density at radius 1 is 0.857 bits per heavy atom. The summed E-state index contributed by atoms with van der Waals surface area (Å²) in [4.78, 5) is 4.88. The fourth-order valence-corrected chi connectivity index (χ4v) is 3.57. The van der Waals surface area contributed by atoms with Crippen LogP contribution >= 0.6 is 23.2 Å². The number of hydrogen-bond acceptors (Lipinski definition) is 1. The van der Waals surface area contributed by atoms with Crippen LogP contribution in [0, 0.1) is 13.8 Å². The van der Waals surface area contributed by atoms with Crippen molar-refractivity contribution in [2.45, 2.75) is 20.4 Å². The molecule has 0 fully saturated rings. The number of nitrogens with zero attached hydrogens (tertiary/aromatic N) is 2. The van der Waals surface area contributed by atoms with Crippen LogP contribution in [0.1, 0.15) is 28.1 Å². The zero-order chi connectivity index (χ0) is 19.7. The van der Waals surface area contributed by atoms with Gasteiger partial charge in [0.15, 0.2) is 0 Å². The van der Waals surface area contributed by atoms with Crippen molar-refractivity contribution in [1.82, 2.24) is 9.55 Å². The van der Waals surface area contributed by atoms with Gasteiger partial charge in [0.1, 0.15) is 5.82 Å². The van der Waals surface area contributed by atoms with E-state index in [0.717, 1.165) is 28.0 Å². The van der Waals surface area contributed by atoms with Crippen LogP contribution in [0.25, 0.3) is 23.2 Å².